The largest absolute Gasteiger partial charge is 0.396 e. The summed E-state index contributed by atoms with van der Waals surface area (Å²) < 4.78 is 0. The molecule has 26 heavy (non-hydrogen) atoms. The fourth-order valence-corrected chi connectivity index (χ4v) is 7.73. The molecule has 0 unspecified atom stereocenters. The Morgan fingerprint density at radius 3 is 2.62 bits per heavy atom. The number of rotatable bonds is 3. The zero-order valence-corrected chi connectivity index (χ0v) is 15.7. The predicted molar refractivity (Wildman–Crippen MR) is 95.1 cm³/mol. The smallest absolute Gasteiger partial charge is 0.161 e. The van der Waals surface area contributed by atoms with E-state index in [1.54, 1.807) is 0 Å². The maximum absolute atomic E-state index is 13.4. The molecule has 0 amide bonds. The molecule has 0 heterocycles. The van der Waals surface area contributed by atoms with Crippen molar-refractivity contribution in [3.8, 4) is 0 Å². The van der Waals surface area contributed by atoms with Gasteiger partial charge in [-0.1, -0.05) is 6.92 Å². The topological polar surface area (TPSA) is 94.8 Å². The molecule has 3 N–H and O–H groups in total. The third-order valence-electron chi connectivity index (χ3n) is 8.90. The summed E-state index contributed by atoms with van der Waals surface area (Å²) in [5.74, 6) is 0.439. The van der Waals surface area contributed by atoms with Crippen LogP contribution in [0.5, 0.6) is 0 Å². The van der Waals surface area contributed by atoms with Gasteiger partial charge in [-0.25, -0.2) is 0 Å². The Hall–Kier alpha value is -0.780. The van der Waals surface area contributed by atoms with Gasteiger partial charge in [-0.15, -0.1) is 0 Å². The standard InChI is InChI=1S/C21H32O5/c1-20-7-6-13(24)8-12(20)2-3-14-15-4-5-16(18(26)10-22)21(15,11-23)9-17(25)19(14)20/h12-16,19,22-24H,2-11H2,1H3/t12-,13-,14+,15+,16-,19-,20+,21-/m1/s1. The lowest BCUT2D eigenvalue weighted by Crippen LogP contribution is -2.59. The SMILES string of the molecule is C[C@]12CC[C@@H](O)C[C@H]1CC[C@@H]1[C@@H]2C(=O)C[C@]2(CO)[C@@H](C(=O)CO)CC[C@@H]12. The summed E-state index contributed by atoms with van der Waals surface area (Å²) in [6, 6.07) is 0. The second kappa shape index (κ2) is 6.39. The first kappa shape index (κ1) is 18.6. The summed E-state index contributed by atoms with van der Waals surface area (Å²) in [6.07, 6.45) is 6.03. The van der Waals surface area contributed by atoms with Crippen LogP contribution < -0.4 is 0 Å². The molecule has 8 atom stereocenters. The van der Waals surface area contributed by atoms with E-state index in [0.717, 1.165) is 38.5 Å². The summed E-state index contributed by atoms with van der Waals surface area (Å²) in [5.41, 5.74) is -0.713. The van der Waals surface area contributed by atoms with E-state index in [-0.39, 0.29) is 59.8 Å². The molecule has 0 aromatic carbocycles. The van der Waals surface area contributed by atoms with Crippen molar-refractivity contribution < 1.29 is 24.9 Å². The lowest BCUT2D eigenvalue weighted by atomic mass is 9.44. The number of Topliss-reactive ketones (excluding diaryl/α,β-unsaturated/α-hetero) is 2. The highest BCUT2D eigenvalue weighted by Crippen LogP contribution is 2.66. The van der Waals surface area contributed by atoms with Crippen LogP contribution in [0.2, 0.25) is 0 Å². The van der Waals surface area contributed by atoms with Gasteiger partial charge in [0, 0.05) is 23.7 Å². The number of hydrogen-bond donors (Lipinski definition) is 3. The molecular weight excluding hydrogens is 332 g/mol. The maximum Gasteiger partial charge on any atom is 0.161 e. The minimum absolute atomic E-state index is 0.00130. The van der Waals surface area contributed by atoms with Crippen LogP contribution in [0.1, 0.15) is 58.3 Å². The Balaban J connectivity index is 1.69. The van der Waals surface area contributed by atoms with Crippen molar-refractivity contribution in [2.45, 2.75) is 64.4 Å². The van der Waals surface area contributed by atoms with E-state index in [0.29, 0.717) is 12.3 Å². The second-order valence-corrected chi connectivity index (χ2v) is 9.75. The first-order valence-electron chi connectivity index (χ1n) is 10.3. The molecule has 4 fully saturated rings. The van der Waals surface area contributed by atoms with Crippen molar-refractivity contribution in [1.82, 2.24) is 0 Å². The molecule has 4 aliphatic carbocycles. The molecule has 5 nitrogen and oxygen atoms in total. The van der Waals surface area contributed by atoms with E-state index < -0.39 is 12.0 Å². The number of fused-ring (bicyclic) bond motifs is 5. The highest BCUT2D eigenvalue weighted by atomic mass is 16.3. The zero-order valence-electron chi connectivity index (χ0n) is 15.7. The average molecular weight is 364 g/mol. The van der Waals surface area contributed by atoms with Crippen LogP contribution in [0.25, 0.3) is 0 Å². The summed E-state index contributed by atoms with van der Waals surface area (Å²) in [4.78, 5) is 25.7. The number of carbonyl (C=O) groups excluding carboxylic acids is 2. The summed E-state index contributed by atoms with van der Waals surface area (Å²) >= 11 is 0. The Morgan fingerprint density at radius 2 is 1.92 bits per heavy atom. The lowest BCUT2D eigenvalue weighted by Gasteiger charge is -2.60. The third kappa shape index (κ3) is 2.39. The molecule has 4 rings (SSSR count). The monoisotopic (exact) mass is 364 g/mol. The van der Waals surface area contributed by atoms with Crippen molar-refractivity contribution in [3.63, 3.8) is 0 Å². The fraction of sp³-hybridized carbons (Fsp3) is 0.905. The quantitative estimate of drug-likeness (QED) is 0.709. The van der Waals surface area contributed by atoms with Gasteiger partial charge in [0.1, 0.15) is 12.4 Å². The maximum atomic E-state index is 13.4. The van der Waals surface area contributed by atoms with Crippen LogP contribution >= 0.6 is 0 Å². The van der Waals surface area contributed by atoms with Crippen molar-refractivity contribution in [3.05, 3.63) is 0 Å². The Bertz CT molecular complexity index is 603. The minimum Gasteiger partial charge on any atom is -0.396 e. The van der Waals surface area contributed by atoms with Crippen molar-refractivity contribution in [2.24, 2.45) is 40.4 Å². The molecular formula is C21H32O5. The molecule has 0 aliphatic heterocycles. The molecule has 0 radical (unpaired) electrons. The molecule has 4 saturated carbocycles. The van der Waals surface area contributed by atoms with Gasteiger partial charge >= 0.3 is 0 Å². The summed E-state index contributed by atoms with van der Waals surface area (Å²) in [7, 11) is 0. The Morgan fingerprint density at radius 1 is 1.15 bits per heavy atom. The molecule has 0 aromatic rings. The van der Waals surface area contributed by atoms with Crippen LogP contribution in [0.15, 0.2) is 0 Å². The lowest BCUT2D eigenvalue weighted by molar-refractivity contribution is -0.168. The van der Waals surface area contributed by atoms with Crippen LogP contribution in [-0.2, 0) is 9.59 Å². The second-order valence-electron chi connectivity index (χ2n) is 9.75. The van der Waals surface area contributed by atoms with Crippen LogP contribution in [-0.4, -0.2) is 46.2 Å². The molecule has 4 aliphatic rings. The fourth-order valence-electron chi connectivity index (χ4n) is 7.73. The highest BCUT2D eigenvalue weighted by Gasteiger charge is 2.65. The normalized spacial score (nSPS) is 50.7. The van der Waals surface area contributed by atoms with E-state index in [2.05, 4.69) is 6.92 Å². The van der Waals surface area contributed by atoms with Crippen molar-refractivity contribution >= 4 is 11.6 Å². The van der Waals surface area contributed by atoms with Crippen LogP contribution in [0.4, 0.5) is 0 Å². The highest BCUT2D eigenvalue weighted by molar-refractivity contribution is 5.88. The van der Waals surface area contributed by atoms with Gasteiger partial charge in [0.2, 0.25) is 0 Å². The third-order valence-corrected chi connectivity index (χ3v) is 8.90. The van der Waals surface area contributed by atoms with Gasteiger partial charge < -0.3 is 15.3 Å². The van der Waals surface area contributed by atoms with Gasteiger partial charge in [-0.3, -0.25) is 9.59 Å². The summed E-state index contributed by atoms with van der Waals surface area (Å²) in [5, 5.41) is 29.8. The predicted octanol–water partition coefficient (Wildman–Crippen LogP) is 1.72. The van der Waals surface area contributed by atoms with Crippen LogP contribution in [0, 0.1) is 40.4 Å². The first-order chi connectivity index (χ1) is 12.4. The van der Waals surface area contributed by atoms with Crippen molar-refractivity contribution in [2.75, 3.05) is 13.2 Å². The van der Waals surface area contributed by atoms with Gasteiger partial charge in [-0.2, -0.15) is 0 Å². The summed E-state index contributed by atoms with van der Waals surface area (Å²) in [6.45, 7) is 1.61. The van der Waals surface area contributed by atoms with E-state index in [4.69, 9.17) is 0 Å². The van der Waals surface area contributed by atoms with E-state index in [1.807, 2.05) is 0 Å². The zero-order chi connectivity index (χ0) is 18.7. The number of aliphatic hydroxyl groups excluding tert-OH is 3. The Labute approximate surface area is 155 Å². The van der Waals surface area contributed by atoms with Gasteiger partial charge in [0.15, 0.2) is 5.78 Å². The molecule has 0 bridgehead atoms. The molecule has 0 aromatic heterocycles. The van der Waals surface area contributed by atoms with Gasteiger partial charge in [0.05, 0.1) is 12.7 Å². The molecule has 5 heteroatoms. The number of hydrogen-bond acceptors (Lipinski definition) is 5. The van der Waals surface area contributed by atoms with Crippen LogP contribution in [0.3, 0.4) is 0 Å². The molecule has 0 saturated heterocycles. The first-order valence-corrected chi connectivity index (χ1v) is 10.3. The average Bonchev–Trinajstić information content (AvgIpc) is 3.00. The van der Waals surface area contributed by atoms with Gasteiger partial charge in [-0.05, 0) is 68.1 Å². The number of aliphatic hydroxyl groups is 3. The van der Waals surface area contributed by atoms with E-state index in [9.17, 15) is 24.9 Å². The van der Waals surface area contributed by atoms with E-state index >= 15 is 0 Å². The van der Waals surface area contributed by atoms with E-state index in [1.165, 1.54) is 0 Å². The molecule has 0 spiro atoms. The van der Waals surface area contributed by atoms with Crippen molar-refractivity contribution in [1.29, 1.82) is 0 Å². The molecule has 146 valence electrons. The minimum atomic E-state index is -0.657. The Kier molecular flexibility index (Phi) is 4.56. The number of carbonyl (C=O) groups is 2. The number of ketones is 2. The van der Waals surface area contributed by atoms with Gasteiger partial charge in [0.25, 0.3) is 0 Å².